The number of halogens is 1. The molecule has 0 aromatic carbocycles. The van der Waals surface area contributed by atoms with Crippen LogP contribution in [-0.2, 0) is 10.0 Å². The van der Waals surface area contributed by atoms with Crippen molar-refractivity contribution in [1.29, 1.82) is 0 Å². The summed E-state index contributed by atoms with van der Waals surface area (Å²) in [4.78, 5) is 4.13. The van der Waals surface area contributed by atoms with Gasteiger partial charge < -0.3 is 5.73 Å². The molecule has 1 aromatic heterocycles. The Bertz CT molecular complexity index is 521. The number of hydrogen-bond donors (Lipinski definition) is 1. The van der Waals surface area contributed by atoms with E-state index < -0.39 is 10.0 Å². The molecule has 2 rings (SSSR count). The summed E-state index contributed by atoms with van der Waals surface area (Å²) in [6, 6.07) is 1.48. The van der Waals surface area contributed by atoms with Gasteiger partial charge >= 0.3 is 0 Å². The first kappa shape index (κ1) is 13.9. The SMILES string of the molecule is NCC1CCCCN1S(=O)(=O)c1cncc(Br)c1. The van der Waals surface area contributed by atoms with Crippen LogP contribution in [0.4, 0.5) is 0 Å². The lowest BCUT2D eigenvalue weighted by molar-refractivity contribution is 0.257. The first-order valence-electron chi connectivity index (χ1n) is 5.88. The van der Waals surface area contributed by atoms with Gasteiger partial charge in [-0.1, -0.05) is 6.42 Å². The third kappa shape index (κ3) is 2.74. The standard InChI is InChI=1S/C11H16BrN3O2S/c12-9-5-11(8-14-7-9)18(16,17)15-4-2-1-3-10(15)6-13/h5,7-8,10H,1-4,6,13H2. The minimum atomic E-state index is -3.48. The summed E-state index contributed by atoms with van der Waals surface area (Å²) >= 11 is 3.24. The van der Waals surface area contributed by atoms with Gasteiger partial charge in [0.25, 0.3) is 0 Å². The van der Waals surface area contributed by atoms with E-state index in [1.165, 1.54) is 10.5 Å². The lowest BCUT2D eigenvalue weighted by atomic mass is 10.1. The minimum absolute atomic E-state index is 0.0947. The summed E-state index contributed by atoms with van der Waals surface area (Å²) in [5, 5.41) is 0. The monoisotopic (exact) mass is 333 g/mol. The molecule has 1 aromatic rings. The summed E-state index contributed by atoms with van der Waals surface area (Å²) in [5.41, 5.74) is 5.67. The molecule has 2 N–H and O–H groups in total. The molecule has 7 heteroatoms. The average molecular weight is 334 g/mol. The first-order valence-corrected chi connectivity index (χ1v) is 8.11. The van der Waals surface area contributed by atoms with Crippen molar-refractivity contribution < 1.29 is 8.42 Å². The number of rotatable bonds is 3. The van der Waals surface area contributed by atoms with E-state index in [1.807, 2.05) is 0 Å². The Morgan fingerprint density at radius 2 is 2.22 bits per heavy atom. The number of nitrogens with zero attached hydrogens (tertiary/aromatic N) is 2. The molecule has 18 heavy (non-hydrogen) atoms. The second kappa shape index (κ2) is 5.64. The van der Waals surface area contributed by atoms with Gasteiger partial charge in [-0.25, -0.2) is 8.42 Å². The van der Waals surface area contributed by atoms with Crippen LogP contribution < -0.4 is 5.73 Å². The van der Waals surface area contributed by atoms with Gasteiger partial charge in [-0.2, -0.15) is 4.31 Å². The van der Waals surface area contributed by atoms with Crippen molar-refractivity contribution in [1.82, 2.24) is 9.29 Å². The largest absolute Gasteiger partial charge is 0.329 e. The Morgan fingerprint density at radius 3 is 2.89 bits per heavy atom. The third-order valence-electron chi connectivity index (χ3n) is 3.13. The highest BCUT2D eigenvalue weighted by molar-refractivity contribution is 9.10. The zero-order valence-corrected chi connectivity index (χ0v) is 12.3. The van der Waals surface area contributed by atoms with Crippen LogP contribution in [0.2, 0.25) is 0 Å². The van der Waals surface area contributed by atoms with Gasteiger partial charge in [0.15, 0.2) is 0 Å². The predicted octanol–water partition coefficient (Wildman–Crippen LogP) is 1.35. The van der Waals surface area contributed by atoms with Crippen LogP contribution in [0.15, 0.2) is 27.8 Å². The Labute approximate surface area is 116 Å². The van der Waals surface area contributed by atoms with Crippen LogP contribution in [0.5, 0.6) is 0 Å². The summed E-state index contributed by atoms with van der Waals surface area (Å²) in [6.45, 7) is 0.900. The van der Waals surface area contributed by atoms with E-state index in [2.05, 4.69) is 20.9 Å². The molecule has 1 atom stereocenters. The molecule has 0 bridgehead atoms. The summed E-state index contributed by atoms with van der Waals surface area (Å²) < 4.78 is 27.2. The fourth-order valence-corrected chi connectivity index (χ4v) is 4.41. The second-order valence-electron chi connectivity index (χ2n) is 4.34. The van der Waals surface area contributed by atoms with E-state index in [9.17, 15) is 8.42 Å². The fourth-order valence-electron chi connectivity index (χ4n) is 2.19. The van der Waals surface area contributed by atoms with Crippen molar-refractivity contribution in [3.63, 3.8) is 0 Å². The maximum atomic E-state index is 12.5. The predicted molar refractivity (Wildman–Crippen MR) is 72.5 cm³/mol. The molecule has 1 fully saturated rings. The molecule has 1 saturated heterocycles. The van der Waals surface area contributed by atoms with Gasteiger partial charge in [-0.15, -0.1) is 0 Å². The zero-order chi connectivity index (χ0) is 13.2. The molecule has 100 valence electrons. The van der Waals surface area contributed by atoms with Crippen LogP contribution in [0.3, 0.4) is 0 Å². The van der Waals surface area contributed by atoms with Gasteiger partial charge in [0, 0.05) is 36.0 Å². The second-order valence-corrected chi connectivity index (χ2v) is 7.15. The van der Waals surface area contributed by atoms with Crippen molar-refractivity contribution in [3.05, 3.63) is 22.9 Å². The molecule has 1 aliphatic rings. The fraction of sp³-hybridized carbons (Fsp3) is 0.545. The molecule has 2 heterocycles. The van der Waals surface area contributed by atoms with Gasteiger partial charge in [-0.05, 0) is 34.8 Å². The van der Waals surface area contributed by atoms with Crippen molar-refractivity contribution in [2.45, 2.75) is 30.2 Å². The van der Waals surface area contributed by atoms with Gasteiger partial charge in [-0.3, -0.25) is 4.98 Å². The lowest BCUT2D eigenvalue weighted by Gasteiger charge is -2.33. The number of pyridine rings is 1. The summed E-state index contributed by atoms with van der Waals surface area (Å²) in [6.07, 6.45) is 5.69. The number of nitrogens with two attached hydrogens (primary N) is 1. The van der Waals surface area contributed by atoms with Crippen molar-refractivity contribution in [2.75, 3.05) is 13.1 Å². The Hall–Kier alpha value is -0.500. The van der Waals surface area contributed by atoms with E-state index in [-0.39, 0.29) is 10.9 Å². The van der Waals surface area contributed by atoms with Crippen molar-refractivity contribution >= 4 is 26.0 Å². The van der Waals surface area contributed by atoms with Gasteiger partial charge in [0.05, 0.1) is 0 Å². The van der Waals surface area contributed by atoms with E-state index >= 15 is 0 Å². The molecule has 0 radical (unpaired) electrons. The Morgan fingerprint density at radius 1 is 1.44 bits per heavy atom. The van der Waals surface area contributed by atoms with E-state index in [0.717, 1.165) is 19.3 Å². The molecule has 1 aliphatic heterocycles. The number of aromatic nitrogens is 1. The van der Waals surface area contributed by atoms with Crippen LogP contribution in [0.1, 0.15) is 19.3 Å². The molecular formula is C11H16BrN3O2S. The molecular weight excluding hydrogens is 318 g/mol. The smallest absolute Gasteiger partial charge is 0.244 e. The normalized spacial score (nSPS) is 22.0. The Kier molecular flexibility index (Phi) is 4.37. The number of sulfonamides is 1. The van der Waals surface area contributed by atoms with Crippen LogP contribution in [0.25, 0.3) is 0 Å². The molecule has 0 saturated carbocycles. The third-order valence-corrected chi connectivity index (χ3v) is 5.48. The Balaban J connectivity index is 2.35. The van der Waals surface area contributed by atoms with Crippen molar-refractivity contribution in [2.24, 2.45) is 5.73 Å². The van der Waals surface area contributed by atoms with E-state index in [0.29, 0.717) is 17.6 Å². The van der Waals surface area contributed by atoms with Crippen LogP contribution >= 0.6 is 15.9 Å². The molecule has 0 spiro atoms. The maximum absolute atomic E-state index is 12.5. The highest BCUT2D eigenvalue weighted by atomic mass is 79.9. The highest BCUT2D eigenvalue weighted by Crippen LogP contribution is 2.25. The van der Waals surface area contributed by atoms with Crippen LogP contribution in [0, 0.1) is 0 Å². The van der Waals surface area contributed by atoms with Gasteiger partial charge in [0.2, 0.25) is 10.0 Å². The number of piperidine rings is 1. The van der Waals surface area contributed by atoms with Crippen LogP contribution in [-0.4, -0.2) is 36.8 Å². The van der Waals surface area contributed by atoms with Crippen molar-refractivity contribution in [3.8, 4) is 0 Å². The topological polar surface area (TPSA) is 76.3 Å². The number of hydrogen-bond acceptors (Lipinski definition) is 4. The quantitative estimate of drug-likeness (QED) is 0.905. The highest BCUT2D eigenvalue weighted by Gasteiger charge is 2.32. The molecule has 0 aliphatic carbocycles. The lowest BCUT2D eigenvalue weighted by Crippen LogP contribution is -2.47. The van der Waals surface area contributed by atoms with E-state index in [1.54, 1.807) is 12.3 Å². The molecule has 5 nitrogen and oxygen atoms in total. The van der Waals surface area contributed by atoms with Gasteiger partial charge in [0.1, 0.15) is 4.90 Å². The zero-order valence-electron chi connectivity index (χ0n) is 9.92. The molecule has 1 unspecified atom stereocenters. The minimum Gasteiger partial charge on any atom is -0.329 e. The molecule has 0 amide bonds. The average Bonchev–Trinajstić information content (AvgIpc) is 2.38. The maximum Gasteiger partial charge on any atom is 0.244 e. The van der Waals surface area contributed by atoms with E-state index in [4.69, 9.17) is 5.73 Å². The summed E-state index contributed by atoms with van der Waals surface area (Å²) in [7, 11) is -3.48. The summed E-state index contributed by atoms with van der Waals surface area (Å²) in [5.74, 6) is 0. The first-order chi connectivity index (χ1) is 8.55.